The van der Waals surface area contributed by atoms with Gasteiger partial charge in [0.05, 0.1) is 24.7 Å². The number of hydrogen-bond acceptors (Lipinski definition) is 5. The molecule has 5 fully saturated rings. The van der Waals surface area contributed by atoms with Crippen LogP contribution < -0.4 is 10.6 Å². The number of rotatable bonds is 7. The normalized spacial score (nSPS) is 41.1. The zero-order chi connectivity index (χ0) is 32.3. The van der Waals surface area contributed by atoms with E-state index in [1.165, 1.54) is 57.8 Å². The summed E-state index contributed by atoms with van der Waals surface area (Å²) in [6.45, 7) is 19.0. The number of aliphatic hydroxyl groups excluding tert-OH is 1. The Morgan fingerprint density at radius 2 is 1.43 bits per heavy atom. The summed E-state index contributed by atoms with van der Waals surface area (Å²) in [7, 11) is 0. The third-order valence-corrected chi connectivity index (χ3v) is 13.0. The Morgan fingerprint density at radius 1 is 0.818 bits per heavy atom. The van der Waals surface area contributed by atoms with Gasteiger partial charge in [-0.2, -0.15) is 0 Å². The summed E-state index contributed by atoms with van der Waals surface area (Å²) >= 11 is 0. The second-order valence-electron chi connectivity index (χ2n) is 16.7. The average Bonchev–Trinajstić information content (AvgIpc) is 3.40. The maximum atomic E-state index is 13.8. The van der Waals surface area contributed by atoms with Crippen molar-refractivity contribution in [3.63, 3.8) is 0 Å². The van der Waals surface area contributed by atoms with Crippen molar-refractivity contribution >= 4 is 12.0 Å². The van der Waals surface area contributed by atoms with Crippen LogP contribution in [0.4, 0.5) is 4.79 Å². The molecule has 0 heterocycles. The van der Waals surface area contributed by atoms with Crippen LogP contribution >= 0.6 is 0 Å². The van der Waals surface area contributed by atoms with Gasteiger partial charge in [0.2, 0.25) is 5.91 Å². The van der Waals surface area contributed by atoms with Crippen LogP contribution in [0.1, 0.15) is 132 Å². The number of ether oxygens (including phenoxy) is 2. The quantitative estimate of drug-likeness (QED) is 0.257. The molecule has 0 aliphatic heterocycles. The highest BCUT2D eigenvalue weighted by atomic mass is 16.6. The highest BCUT2D eigenvalue weighted by Gasteiger charge is 2.65. The molecular weight excluding hydrogens is 552 g/mol. The predicted molar refractivity (Wildman–Crippen MR) is 176 cm³/mol. The molecule has 0 aromatic carbocycles. The summed E-state index contributed by atoms with van der Waals surface area (Å²) in [4.78, 5) is 25.6. The summed E-state index contributed by atoms with van der Waals surface area (Å²) in [6.07, 6.45) is 13.6. The van der Waals surface area contributed by atoms with E-state index in [4.69, 9.17) is 9.47 Å². The lowest BCUT2D eigenvalue weighted by atomic mass is 9.37. The molecule has 0 spiro atoms. The second kappa shape index (κ2) is 14.2. The van der Waals surface area contributed by atoms with Crippen molar-refractivity contribution in [3.05, 3.63) is 0 Å². The maximum Gasteiger partial charge on any atom is 0.407 e. The molecule has 3 N–H and O–H groups in total. The standard InChI is InChI=1S/C34H58N2O5.C3H8/c1-22-24-11-15-33(6)25-12-17-34(29(38)35-18-20-40-21-19-36-30(39)41-31(2,3)4)14-7-8-26(34)23(25)9-10-28(33)32(24,5)16-13-27(22)37;1-3-2/h22-28,37H,7-21H2,1-6H3,(H,35,38)(H,36,39);3H2,1-2H3. The second-order valence-corrected chi connectivity index (χ2v) is 16.7. The van der Waals surface area contributed by atoms with E-state index in [2.05, 4.69) is 45.3 Å². The number of fused-ring (bicyclic) bond motifs is 7. The number of nitrogens with one attached hydrogen (secondary N) is 2. The Bertz CT molecular complexity index is 981. The first-order valence-electron chi connectivity index (χ1n) is 18.2. The Morgan fingerprint density at radius 3 is 2.11 bits per heavy atom. The van der Waals surface area contributed by atoms with Gasteiger partial charge in [0, 0.05) is 13.1 Å². The first-order chi connectivity index (χ1) is 20.7. The molecule has 2 amide bonds. The lowest BCUT2D eigenvalue weighted by Crippen LogP contribution is -2.62. The van der Waals surface area contributed by atoms with Crippen LogP contribution in [0.15, 0.2) is 0 Å². The van der Waals surface area contributed by atoms with E-state index in [1.54, 1.807) is 0 Å². The van der Waals surface area contributed by atoms with Crippen molar-refractivity contribution in [1.29, 1.82) is 0 Å². The van der Waals surface area contributed by atoms with E-state index >= 15 is 0 Å². The van der Waals surface area contributed by atoms with Crippen LogP contribution in [-0.2, 0) is 14.3 Å². The number of aliphatic hydroxyl groups is 1. The predicted octanol–water partition coefficient (Wildman–Crippen LogP) is 7.50. The first-order valence-corrected chi connectivity index (χ1v) is 18.2. The van der Waals surface area contributed by atoms with Gasteiger partial charge in [-0.3, -0.25) is 4.79 Å². The maximum absolute atomic E-state index is 13.8. The van der Waals surface area contributed by atoms with Crippen LogP contribution in [0.25, 0.3) is 0 Å². The molecule has 0 aromatic heterocycles. The molecule has 254 valence electrons. The van der Waals surface area contributed by atoms with Crippen LogP contribution in [0.3, 0.4) is 0 Å². The summed E-state index contributed by atoms with van der Waals surface area (Å²) in [5, 5.41) is 16.6. The fourth-order valence-electron chi connectivity index (χ4n) is 11.3. The van der Waals surface area contributed by atoms with E-state index in [0.717, 1.165) is 31.1 Å². The minimum absolute atomic E-state index is 0.125. The lowest BCUT2D eigenvalue weighted by molar-refractivity contribution is -0.196. The molecule has 0 saturated heterocycles. The monoisotopic (exact) mass is 618 g/mol. The summed E-state index contributed by atoms with van der Waals surface area (Å²) in [6, 6.07) is 0. The fourth-order valence-corrected chi connectivity index (χ4v) is 11.3. The van der Waals surface area contributed by atoms with Crippen LogP contribution in [0.5, 0.6) is 0 Å². The minimum atomic E-state index is -0.515. The number of carbonyl (C=O) groups excluding carboxylic acids is 2. The van der Waals surface area contributed by atoms with Gasteiger partial charge < -0.3 is 25.2 Å². The van der Waals surface area contributed by atoms with E-state index in [9.17, 15) is 14.7 Å². The fraction of sp³-hybridized carbons (Fsp3) is 0.946. The zero-order valence-electron chi connectivity index (χ0n) is 29.4. The largest absolute Gasteiger partial charge is 0.444 e. The topological polar surface area (TPSA) is 96.9 Å². The number of alkyl carbamates (subject to hydrolysis) is 1. The molecule has 5 aliphatic rings. The number of carbonyl (C=O) groups is 2. The number of hydrogen-bond donors (Lipinski definition) is 3. The molecule has 0 bridgehead atoms. The molecule has 44 heavy (non-hydrogen) atoms. The van der Waals surface area contributed by atoms with E-state index in [1.807, 2.05) is 20.8 Å². The smallest absolute Gasteiger partial charge is 0.407 e. The Labute approximate surface area is 268 Å². The molecule has 5 saturated carbocycles. The van der Waals surface area contributed by atoms with Gasteiger partial charge in [0.15, 0.2) is 0 Å². The molecule has 5 rings (SSSR count). The summed E-state index contributed by atoms with van der Waals surface area (Å²) in [5.41, 5.74) is -0.00442. The Balaban J connectivity index is 0.00000141. The number of amides is 2. The molecule has 10 atom stereocenters. The van der Waals surface area contributed by atoms with Crippen LogP contribution in [-0.4, -0.2) is 55.1 Å². The molecular formula is C37H66N2O5. The van der Waals surface area contributed by atoms with Crippen LogP contribution in [0, 0.1) is 51.8 Å². The Hall–Kier alpha value is -1.34. The van der Waals surface area contributed by atoms with E-state index in [0.29, 0.717) is 60.8 Å². The van der Waals surface area contributed by atoms with Crippen LogP contribution in [0.2, 0.25) is 0 Å². The van der Waals surface area contributed by atoms with Gasteiger partial charge in [-0.1, -0.05) is 47.5 Å². The highest BCUT2D eigenvalue weighted by molar-refractivity contribution is 5.83. The highest BCUT2D eigenvalue weighted by Crippen LogP contribution is 2.71. The van der Waals surface area contributed by atoms with Gasteiger partial charge in [0.25, 0.3) is 0 Å². The van der Waals surface area contributed by atoms with Gasteiger partial charge in [0.1, 0.15) is 5.60 Å². The van der Waals surface area contributed by atoms with Crippen molar-refractivity contribution in [2.75, 3.05) is 26.3 Å². The minimum Gasteiger partial charge on any atom is -0.444 e. The summed E-state index contributed by atoms with van der Waals surface area (Å²) < 4.78 is 10.9. The molecule has 5 aliphatic carbocycles. The SMILES string of the molecule is CC1C(O)CCC2(C)C1CCC1(C)C3CCC4(C(=O)NCCOCCNC(=O)OC(C)(C)C)CCCC4C3CCC21.CCC. The van der Waals surface area contributed by atoms with Gasteiger partial charge >= 0.3 is 6.09 Å². The van der Waals surface area contributed by atoms with Crippen molar-refractivity contribution < 1.29 is 24.2 Å². The molecule has 0 radical (unpaired) electrons. The molecule has 7 nitrogen and oxygen atoms in total. The first kappa shape index (κ1) is 35.5. The van der Waals surface area contributed by atoms with Gasteiger partial charge in [-0.05, 0) is 131 Å². The summed E-state index contributed by atoms with van der Waals surface area (Å²) in [5.74, 6) is 3.97. The van der Waals surface area contributed by atoms with Crippen molar-refractivity contribution in [3.8, 4) is 0 Å². The Kier molecular flexibility index (Phi) is 11.5. The van der Waals surface area contributed by atoms with Gasteiger partial charge in [-0.15, -0.1) is 0 Å². The zero-order valence-corrected chi connectivity index (χ0v) is 29.4. The molecule has 10 unspecified atom stereocenters. The van der Waals surface area contributed by atoms with E-state index in [-0.39, 0.29) is 17.4 Å². The lowest BCUT2D eigenvalue weighted by Gasteiger charge is -2.67. The molecule has 0 aromatic rings. The van der Waals surface area contributed by atoms with Crippen molar-refractivity contribution in [1.82, 2.24) is 10.6 Å². The van der Waals surface area contributed by atoms with Gasteiger partial charge in [-0.25, -0.2) is 4.79 Å². The average molecular weight is 619 g/mol. The van der Waals surface area contributed by atoms with Crippen molar-refractivity contribution in [2.24, 2.45) is 51.8 Å². The molecule has 7 heteroatoms. The third kappa shape index (κ3) is 6.99. The third-order valence-electron chi connectivity index (χ3n) is 13.0. The van der Waals surface area contributed by atoms with E-state index < -0.39 is 11.7 Å². The van der Waals surface area contributed by atoms with Crippen molar-refractivity contribution in [2.45, 2.75) is 144 Å².